The van der Waals surface area contributed by atoms with Crippen molar-refractivity contribution >= 4 is 11.8 Å². The van der Waals surface area contributed by atoms with Crippen LogP contribution in [0.15, 0.2) is 127 Å². The highest BCUT2D eigenvalue weighted by Crippen LogP contribution is 2.62. The zero-order chi connectivity index (χ0) is 42.8. The molecule has 10 nitrogen and oxygen atoms in total. The second-order valence-corrected chi connectivity index (χ2v) is 15.9. The molecule has 1 amide bonds. The summed E-state index contributed by atoms with van der Waals surface area (Å²) in [5, 5.41) is 24.4. The number of fused-ring (bicyclic) bond motifs is 2. The molecule has 4 aromatic carbocycles. The van der Waals surface area contributed by atoms with Crippen molar-refractivity contribution in [3.8, 4) is 28.4 Å². The van der Waals surface area contributed by atoms with Crippen LogP contribution in [0.4, 0.5) is 9.18 Å². The molecule has 0 unspecified atom stereocenters. The van der Waals surface area contributed by atoms with E-state index < -0.39 is 23.8 Å². The van der Waals surface area contributed by atoms with E-state index in [0.29, 0.717) is 41.4 Å². The van der Waals surface area contributed by atoms with Gasteiger partial charge >= 0.3 is 6.09 Å². The molecule has 1 aliphatic heterocycles. The lowest BCUT2D eigenvalue weighted by Crippen LogP contribution is -2.70. The van der Waals surface area contributed by atoms with E-state index in [0.717, 1.165) is 47.9 Å². The van der Waals surface area contributed by atoms with Gasteiger partial charge in [0.15, 0.2) is 0 Å². The van der Waals surface area contributed by atoms with E-state index in [-0.39, 0.29) is 63.0 Å². The molecule has 0 saturated heterocycles. The first-order valence-electron chi connectivity index (χ1n) is 21.5. The molecule has 0 aromatic heterocycles. The van der Waals surface area contributed by atoms with Gasteiger partial charge in [-0.3, -0.25) is 4.90 Å². The second kappa shape index (κ2) is 20.4. The van der Waals surface area contributed by atoms with E-state index in [9.17, 15) is 19.4 Å². The number of aliphatic hydroxyl groups excluding tert-OH is 2. The molecule has 61 heavy (non-hydrogen) atoms. The number of unbranched alkanes of at least 4 members (excludes halogenated alkanes) is 2. The summed E-state index contributed by atoms with van der Waals surface area (Å²) in [5.74, 6) is -0.586. The van der Waals surface area contributed by atoms with Gasteiger partial charge < -0.3 is 34.0 Å². The maximum Gasteiger partial charge on any atom is 0.410 e. The SMILES string of the molecule is C=CCO[C@@]12Oc3ccc(Oc4ccc(-c5ccccc5)cc4)cc3[C@H]3[C@H](CCCCO)[C@@H](CCCCO)C=C(C(=NOC)C[C@@H]1N(Cc1ccc(F)cc1)C(=O)OCC)[C@H]32. The monoisotopic (exact) mass is 832 g/mol. The van der Waals surface area contributed by atoms with Gasteiger partial charge in [0.05, 0.1) is 24.8 Å². The van der Waals surface area contributed by atoms with E-state index >= 15 is 0 Å². The van der Waals surface area contributed by atoms with Crippen molar-refractivity contribution in [1.29, 1.82) is 0 Å². The molecule has 322 valence electrons. The van der Waals surface area contributed by atoms with Gasteiger partial charge in [0, 0.05) is 37.7 Å². The van der Waals surface area contributed by atoms with Crippen LogP contribution in [0.5, 0.6) is 17.2 Å². The molecule has 6 atom stereocenters. The first kappa shape index (κ1) is 43.6. The number of amides is 1. The van der Waals surface area contributed by atoms with Crippen molar-refractivity contribution in [3.63, 3.8) is 0 Å². The molecule has 11 heteroatoms. The minimum Gasteiger partial charge on any atom is -0.459 e. The molecule has 1 fully saturated rings. The highest BCUT2D eigenvalue weighted by molar-refractivity contribution is 6.03. The van der Waals surface area contributed by atoms with E-state index in [2.05, 4.69) is 36.0 Å². The van der Waals surface area contributed by atoms with Crippen LogP contribution in [0.3, 0.4) is 0 Å². The Balaban J connectivity index is 1.40. The molecule has 0 radical (unpaired) electrons. The fraction of sp³-hybridized carbons (Fsp3) is 0.400. The highest BCUT2D eigenvalue weighted by atomic mass is 19.1. The van der Waals surface area contributed by atoms with Crippen LogP contribution in [0.25, 0.3) is 11.1 Å². The minimum atomic E-state index is -1.47. The highest BCUT2D eigenvalue weighted by Gasteiger charge is 2.65. The predicted molar refractivity (Wildman–Crippen MR) is 233 cm³/mol. The van der Waals surface area contributed by atoms with Crippen LogP contribution < -0.4 is 9.47 Å². The molecule has 1 saturated carbocycles. The van der Waals surface area contributed by atoms with Gasteiger partial charge in [0.25, 0.3) is 0 Å². The number of carbonyl (C=O) groups is 1. The number of nitrogens with zero attached hydrogens (tertiary/aromatic N) is 2. The number of carbonyl (C=O) groups excluding carboxylic acids is 1. The first-order chi connectivity index (χ1) is 29.8. The molecule has 3 aliphatic rings. The number of allylic oxidation sites excluding steroid dienone is 1. The van der Waals surface area contributed by atoms with Crippen LogP contribution in [0.1, 0.15) is 68.9 Å². The Labute approximate surface area is 358 Å². The largest absolute Gasteiger partial charge is 0.459 e. The Morgan fingerprint density at radius 1 is 0.934 bits per heavy atom. The first-order valence-corrected chi connectivity index (χ1v) is 21.5. The number of oxime groups is 1. The van der Waals surface area contributed by atoms with E-state index in [1.165, 1.54) is 19.2 Å². The number of aliphatic hydroxyl groups is 2. The van der Waals surface area contributed by atoms with Crippen LogP contribution in [-0.4, -0.2) is 72.3 Å². The summed E-state index contributed by atoms with van der Waals surface area (Å²) in [6, 6.07) is 29.3. The van der Waals surface area contributed by atoms with Gasteiger partial charge in [0.2, 0.25) is 5.79 Å². The van der Waals surface area contributed by atoms with Crippen molar-refractivity contribution in [3.05, 3.63) is 138 Å². The van der Waals surface area contributed by atoms with E-state index in [1.54, 1.807) is 30.0 Å². The third-order valence-electron chi connectivity index (χ3n) is 12.2. The topological polar surface area (TPSA) is 119 Å². The normalized spacial score (nSPS) is 23.2. The van der Waals surface area contributed by atoms with Gasteiger partial charge in [-0.05, 0) is 109 Å². The van der Waals surface area contributed by atoms with E-state index in [4.69, 9.17) is 23.8 Å². The predicted octanol–water partition coefficient (Wildman–Crippen LogP) is 10.2. The maximum atomic E-state index is 14.3. The fourth-order valence-corrected chi connectivity index (χ4v) is 9.60. The van der Waals surface area contributed by atoms with Crippen LogP contribution >= 0.6 is 0 Å². The summed E-state index contributed by atoms with van der Waals surface area (Å²) in [5.41, 5.74) is 5.41. The number of rotatable bonds is 19. The van der Waals surface area contributed by atoms with Crippen molar-refractivity contribution in [1.82, 2.24) is 4.90 Å². The summed E-state index contributed by atoms with van der Waals surface area (Å²) in [7, 11) is 1.51. The quantitative estimate of drug-likeness (QED) is 0.0545. The van der Waals surface area contributed by atoms with Gasteiger partial charge in [-0.1, -0.05) is 84.7 Å². The Bertz CT molecular complexity index is 2140. The smallest absolute Gasteiger partial charge is 0.410 e. The van der Waals surface area contributed by atoms with Gasteiger partial charge in [-0.15, -0.1) is 6.58 Å². The summed E-state index contributed by atoms with van der Waals surface area (Å²) in [6.07, 6.45) is 8.12. The van der Waals surface area contributed by atoms with Crippen molar-refractivity contribution in [2.75, 3.05) is 33.5 Å². The Kier molecular flexibility index (Phi) is 14.6. The summed E-state index contributed by atoms with van der Waals surface area (Å²) in [6.45, 7) is 6.26. The summed E-state index contributed by atoms with van der Waals surface area (Å²) < 4.78 is 40.8. The average molecular weight is 833 g/mol. The summed E-state index contributed by atoms with van der Waals surface area (Å²) in [4.78, 5) is 21.4. The van der Waals surface area contributed by atoms with Crippen LogP contribution in [-0.2, 0) is 20.9 Å². The van der Waals surface area contributed by atoms with Crippen molar-refractivity contribution < 1.29 is 43.2 Å². The van der Waals surface area contributed by atoms with Crippen molar-refractivity contribution in [2.24, 2.45) is 22.9 Å². The Morgan fingerprint density at radius 3 is 2.33 bits per heavy atom. The fourth-order valence-electron chi connectivity index (χ4n) is 9.60. The zero-order valence-electron chi connectivity index (χ0n) is 35.1. The van der Waals surface area contributed by atoms with E-state index in [1.807, 2.05) is 54.6 Å². The van der Waals surface area contributed by atoms with Gasteiger partial charge in [-0.25, -0.2) is 9.18 Å². The Hall–Kier alpha value is -5.49. The third-order valence-corrected chi connectivity index (χ3v) is 12.2. The Morgan fingerprint density at radius 2 is 1.64 bits per heavy atom. The van der Waals surface area contributed by atoms with Crippen LogP contribution in [0, 0.1) is 23.6 Å². The average Bonchev–Trinajstić information content (AvgIpc) is 3.28. The van der Waals surface area contributed by atoms with Crippen molar-refractivity contribution in [2.45, 2.75) is 76.2 Å². The lowest BCUT2D eigenvalue weighted by atomic mass is 9.55. The lowest BCUT2D eigenvalue weighted by Gasteiger charge is -2.59. The lowest BCUT2D eigenvalue weighted by molar-refractivity contribution is -0.256. The second-order valence-electron chi connectivity index (χ2n) is 15.9. The molecule has 2 aliphatic carbocycles. The maximum absolute atomic E-state index is 14.3. The number of hydrogen-bond acceptors (Lipinski definition) is 9. The molecule has 4 aromatic rings. The standard InChI is InChI=1S/C50H57FN2O8/c1-4-29-59-50-46(53(49(56)58-5-2)33-34-17-21-38(51)22-18-34)32-44(52-57-3)42-30-37(15-9-11-27-54)41(16-10-12-28-55)47(48(42)50)43-31-40(25-26-45(43)61-50)60-39-23-19-36(20-24-39)35-13-7-6-8-14-35/h4,6-8,13-14,17-26,30-31,37,41,46-48,54-55H,1,5,9-12,15-16,27-29,32-33H2,2-3H3/t37-,41+,46-,47+,48+,50+/m0/s1. The molecule has 2 N–H and O–H groups in total. The van der Waals surface area contributed by atoms with Gasteiger partial charge in [0.1, 0.15) is 36.2 Å². The molecule has 1 heterocycles. The zero-order valence-corrected chi connectivity index (χ0v) is 35.1. The molecular formula is C50H57FN2O8. The van der Waals surface area contributed by atoms with Gasteiger partial charge in [-0.2, -0.15) is 0 Å². The summed E-state index contributed by atoms with van der Waals surface area (Å²) >= 11 is 0. The molecule has 0 bridgehead atoms. The number of hydrogen-bond donors (Lipinski definition) is 2. The number of benzene rings is 4. The molecular weight excluding hydrogens is 776 g/mol. The third kappa shape index (κ3) is 9.54. The molecule has 0 spiro atoms. The number of ether oxygens (including phenoxy) is 4. The van der Waals surface area contributed by atoms with Crippen LogP contribution in [0.2, 0.25) is 0 Å². The number of halogens is 1. The molecule has 7 rings (SSSR count). The minimum absolute atomic E-state index is 0.0319.